The van der Waals surface area contributed by atoms with Gasteiger partial charge in [-0.15, -0.1) is 0 Å². The second kappa shape index (κ2) is 9.94. The van der Waals surface area contributed by atoms with Gasteiger partial charge in [-0.3, -0.25) is 19.3 Å². The molecule has 2 aromatic carbocycles. The number of imide groups is 1. The number of rotatable bonds is 7. The van der Waals surface area contributed by atoms with Gasteiger partial charge in [-0.05, 0) is 43.3 Å². The summed E-state index contributed by atoms with van der Waals surface area (Å²) in [6, 6.07) is 10.6. The van der Waals surface area contributed by atoms with Crippen LogP contribution >= 0.6 is 0 Å². The first kappa shape index (κ1) is 24.5. The summed E-state index contributed by atoms with van der Waals surface area (Å²) < 4.78 is 36.8. The zero-order valence-corrected chi connectivity index (χ0v) is 19.6. The Hall–Kier alpha value is -3.61. The van der Waals surface area contributed by atoms with E-state index in [1.807, 2.05) is 0 Å². The average molecular weight is 502 g/mol. The standard InChI is InChI=1S/C23H23N3O8S/c1-15(26-21(28)18-4-2-3-5-19(18)22(26)29)23(30)34-14-20(27)24-16-6-8-17(9-7-16)35(31,32)25-10-12-33-13-11-25/h2-9,15H,10-14H2,1H3,(H,24,27). The molecular weight excluding hydrogens is 478 g/mol. The first-order valence-electron chi connectivity index (χ1n) is 10.8. The maximum Gasteiger partial charge on any atom is 0.329 e. The van der Waals surface area contributed by atoms with Gasteiger partial charge in [0.15, 0.2) is 6.61 Å². The summed E-state index contributed by atoms with van der Waals surface area (Å²) in [5, 5.41) is 2.50. The van der Waals surface area contributed by atoms with E-state index in [0.29, 0.717) is 18.9 Å². The van der Waals surface area contributed by atoms with Crippen LogP contribution in [0.4, 0.5) is 5.69 Å². The first-order chi connectivity index (χ1) is 16.7. The minimum Gasteiger partial charge on any atom is -0.454 e. The van der Waals surface area contributed by atoms with E-state index >= 15 is 0 Å². The monoisotopic (exact) mass is 501 g/mol. The van der Waals surface area contributed by atoms with E-state index in [2.05, 4.69) is 5.32 Å². The van der Waals surface area contributed by atoms with Gasteiger partial charge in [0.1, 0.15) is 6.04 Å². The van der Waals surface area contributed by atoms with E-state index in [-0.39, 0.29) is 29.1 Å². The number of anilines is 1. The molecule has 1 saturated heterocycles. The number of hydrogen-bond acceptors (Lipinski definition) is 8. The number of nitrogens with one attached hydrogen (secondary N) is 1. The first-order valence-corrected chi connectivity index (χ1v) is 12.3. The Morgan fingerprint density at radius 1 is 1.00 bits per heavy atom. The number of ether oxygens (including phenoxy) is 2. The molecule has 1 N–H and O–H groups in total. The van der Waals surface area contributed by atoms with Gasteiger partial charge < -0.3 is 14.8 Å². The third-order valence-corrected chi connectivity index (χ3v) is 7.56. The number of benzene rings is 2. The van der Waals surface area contributed by atoms with Crippen molar-refractivity contribution in [3.8, 4) is 0 Å². The number of carbonyl (C=O) groups is 4. The van der Waals surface area contributed by atoms with Crippen molar-refractivity contribution in [2.45, 2.75) is 17.9 Å². The van der Waals surface area contributed by atoms with Crippen molar-refractivity contribution >= 4 is 39.4 Å². The lowest BCUT2D eigenvalue weighted by molar-refractivity contribution is -0.150. The summed E-state index contributed by atoms with van der Waals surface area (Å²) in [4.78, 5) is 50.5. The third-order valence-electron chi connectivity index (χ3n) is 5.65. The molecular formula is C23H23N3O8S. The quantitative estimate of drug-likeness (QED) is 0.436. The maximum atomic E-state index is 12.7. The fourth-order valence-corrected chi connectivity index (χ4v) is 5.17. The second-order valence-corrected chi connectivity index (χ2v) is 9.84. The Morgan fingerprint density at radius 3 is 2.14 bits per heavy atom. The van der Waals surface area contributed by atoms with E-state index in [1.165, 1.54) is 47.6 Å². The van der Waals surface area contributed by atoms with Crippen LogP contribution in [0.2, 0.25) is 0 Å². The minimum absolute atomic E-state index is 0.0820. The lowest BCUT2D eigenvalue weighted by Gasteiger charge is -2.26. The second-order valence-electron chi connectivity index (χ2n) is 7.90. The number of amides is 3. The van der Waals surface area contributed by atoms with Crippen LogP contribution in [0.5, 0.6) is 0 Å². The van der Waals surface area contributed by atoms with Crippen molar-refractivity contribution in [1.82, 2.24) is 9.21 Å². The molecule has 0 saturated carbocycles. The highest BCUT2D eigenvalue weighted by Crippen LogP contribution is 2.25. The summed E-state index contributed by atoms with van der Waals surface area (Å²) in [5.41, 5.74) is 0.711. The molecule has 12 heteroatoms. The highest BCUT2D eigenvalue weighted by atomic mass is 32.2. The molecule has 0 spiro atoms. The number of morpholine rings is 1. The smallest absolute Gasteiger partial charge is 0.329 e. The summed E-state index contributed by atoms with van der Waals surface area (Å²) in [6.45, 7) is 1.89. The fraction of sp³-hybridized carbons (Fsp3) is 0.304. The molecule has 35 heavy (non-hydrogen) atoms. The van der Waals surface area contributed by atoms with Crippen LogP contribution < -0.4 is 5.32 Å². The van der Waals surface area contributed by atoms with Crippen LogP contribution in [-0.4, -0.2) is 80.3 Å². The normalized spacial score (nSPS) is 17.1. The summed E-state index contributed by atoms with van der Waals surface area (Å²) in [5.74, 6) is -2.79. The zero-order valence-electron chi connectivity index (χ0n) is 18.8. The van der Waals surface area contributed by atoms with E-state index < -0.39 is 46.4 Å². The Labute approximate surface area is 201 Å². The molecule has 4 rings (SSSR count). The van der Waals surface area contributed by atoms with Crippen molar-refractivity contribution < 1.29 is 37.1 Å². The van der Waals surface area contributed by atoms with Crippen LogP contribution in [0.25, 0.3) is 0 Å². The van der Waals surface area contributed by atoms with Gasteiger partial charge in [-0.25, -0.2) is 13.2 Å². The molecule has 0 radical (unpaired) electrons. The molecule has 2 aliphatic heterocycles. The number of fused-ring (bicyclic) bond motifs is 1. The Kier molecular flexibility index (Phi) is 6.96. The third kappa shape index (κ3) is 4.94. The van der Waals surface area contributed by atoms with Crippen molar-refractivity contribution in [2.75, 3.05) is 38.2 Å². The van der Waals surface area contributed by atoms with Crippen LogP contribution in [0, 0.1) is 0 Å². The maximum absolute atomic E-state index is 12.7. The van der Waals surface area contributed by atoms with Gasteiger partial charge in [-0.1, -0.05) is 12.1 Å². The molecule has 0 aliphatic carbocycles. The van der Waals surface area contributed by atoms with E-state index in [1.54, 1.807) is 12.1 Å². The number of nitrogens with zero attached hydrogens (tertiary/aromatic N) is 2. The number of sulfonamides is 1. The lowest BCUT2D eigenvalue weighted by Crippen LogP contribution is -2.44. The number of hydrogen-bond donors (Lipinski definition) is 1. The largest absolute Gasteiger partial charge is 0.454 e. The molecule has 11 nitrogen and oxygen atoms in total. The summed E-state index contributed by atoms with van der Waals surface area (Å²) >= 11 is 0. The van der Waals surface area contributed by atoms with E-state index in [9.17, 15) is 27.6 Å². The van der Waals surface area contributed by atoms with Gasteiger partial charge in [-0.2, -0.15) is 4.31 Å². The van der Waals surface area contributed by atoms with Gasteiger partial charge in [0.25, 0.3) is 17.7 Å². The molecule has 3 amide bonds. The predicted molar refractivity (Wildman–Crippen MR) is 122 cm³/mol. The molecule has 1 unspecified atom stereocenters. The fourth-order valence-electron chi connectivity index (χ4n) is 3.77. The van der Waals surface area contributed by atoms with Crippen molar-refractivity contribution in [3.63, 3.8) is 0 Å². The van der Waals surface area contributed by atoms with Crippen LogP contribution in [-0.2, 0) is 29.1 Å². The molecule has 2 heterocycles. The van der Waals surface area contributed by atoms with Gasteiger partial charge >= 0.3 is 5.97 Å². The molecule has 184 valence electrons. The van der Waals surface area contributed by atoms with Crippen molar-refractivity contribution in [1.29, 1.82) is 0 Å². The van der Waals surface area contributed by atoms with Crippen molar-refractivity contribution in [2.24, 2.45) is 0 Å². The van der Waals surface area contributed by atoms with Gasteiger partial charge in [0, 0.05) is 18.8 Å². The van der Waals surface area contributed by atoms with Crippen molar-refractivity contribution in [3.05, 3.63) is 59.7 Å². The topological polar surface area (TPSA) is 139 Å². The van der Waals surface area contributed by atoms with E-state index in [0.717, 1.165) is 4.90 Å². The van der Waals surface area contributed by atoms with E-state index in [4.69, 9.17) is 9.47 Å². The van der Waals surface area contributed by atoms with Crippen LogP contribution in [0.3, 0.4) is 0 Å². The molecule has 1 atom stereocenters. The summed E-state index contributed by atoms with van der Waals surface area (Å²) in [6.07, 6.45) is 0. The Balaban J connectivity index is 1.31. The summed E-state index contributed by atoms with van der Waals surface area (Å²) in [7, 11) is -3.66. The average Bonchev–Trinajstić information content (AvgIpc) is 3.13. The van der Waals surface area contributed by atoms with Crippen LogP contribution in [0.1, 0.15) is 27.6 Å². The Bertz CT molecular complexity index is 1230. The minimum atomic E-state index is -3.66. The van der Waals surface area contributed by atoms with Gasteiger partial charge in [0.2, 0.25) is 10.0 Å². The highest BCUT2D eigenvalue weighted by molar-refractivity contribution is 7.89. The van der Waals surface area contributed by atoms with Crippen LogP contribution in [0.15, 0.2) is 53.4 Å². The molecule has 0 aromatic heterocycles. The molecule has 2 aliphatic rings. The lowest BCUT2D eigenvalue weighted by atomic mass is 10.1. The number of esters is 1. The van der Waals surface area contributed by atoms with Gasteiger partial charge in [0.05, 0.1) is 29.2 Å². The SMILES string of the molecule is CC(C(=O)OCC(=O)Nc1ccc(S(=O)(=O)N2CCOCC2)cc1)N1C(=O)c2ccccc2C1=O. The zero-order chi connectivity index (χ0) is 25.2. The Morgan fingerprint density at radius 2 is 1.57 bits per heavy atom. The molecule has 1 fully saturated rings. The molecule has 0 bridgehead atoms. The predicted octanol–water partition coefficient (Wildman–Crippen LogP) is 0.874. The molecule has 2 aromatic rings. The highest BCUT2D eigenvalue weighted by Gasteiger charge is 2.41. The number of carbonyl (C=O) groups excluding carboxylic acids is 4.